The average molecular weight is 391 g/mol. The number of phenols is 1. The zero-order chi connectivity index (χ0) is 20.7. The Labute approximate surface area is 172 Å². The van der Waals surface area contributed by atoms with E-state index in [1.54, 1.807) is 0 Å². The van der Waals surface area contributed by atoms with E-state index in [0.29, 0.717) is 24.0 Å². The fourth-order valence-electron chi connectivity index (χ4n) is 5.15. The molecule has 1 aliphatic rings. The van der Waals surface area contributed by atoms with Crippen LogP contribution < -0.4 is 0 Å². The zero-order valence-electron chi connectivity index (χ0n) is 18.5. The quantitative estimate of drug-likeness (QED) is 0.436. The Balaban J connectivity index is 2.18. The van der Waals surface area contributed by atoms with Crippen LogP contribution in [-0.2, 0) is 5.41 Å². The fourth-order valence-corrected chi connectivity index (χ4v) is 5.15. The van der Waals surface area contributed by atoms with Crippen molar-refractivity contribution >= 4 is 0 Å². The molecular weight excluding hydrogens is 348 g/mol. The summed E-state index contributed by atoms with van der Waals surface area (Å²) in [5.74, 6) is 1.33. The lowest BCUT2D eigenvalue weighted by atomic mass is 9.67. The Kier molecular flexibility index (Phi) is 8.82. The predicted molar refractivity (Wildman–Crippen MR) is 117 cm³/mol. The summed E-state index contributed by atoms with van der Waals surface area (Å²) in [6.07, 6.45) is 9.10. The number of rotatable bonds is 10. The third-order valence-electron chi connectivity index (χ3n) is 6.98. The van der Waals surface area contributed by atoms with Gasteiger partial charge < -0.3 is 15.3 Å². The van der Waals surface area contributed by atoms with E-state index in [1.165, 1.54) is 31.2 Å². The van der Waals surface area contributed by atoms with E-state index in [2.05, 4.69) is 39.8 Å². The number of benzene rings is 1. The van der Waals surface area contributed by atoms with Crippen LogP contribution in [0.4, 0.5) is 0 Å². The van der Waals surface area contributed by atoms with Crippen molar-refractivity contribution in [1.29, 1.82) is 0 Å². The number of hydrogen-bond donors (Lipinski definition) is 3. The van der Waals surface area contributed by atoms with Gasteiger partial charge in [0, 0.05) is 6.61 Å². The van der Waals surface area contributed by atoms with Gasteiger partial charge in [0.15, 0.2) is 0 Å². The smallest absolute Gasteiger partial charge is 0.119 e. The molecule has 4 unspecified atom stereocenters. The van der Waals surface area contributed by atoms with Gasteiger partial charge in [-0.2, -0.15) is 0 Å². The second-order valence-electron chi connectivity index (χ2n) is 9.71. The van der Waals surface area contributed by atoms with E-state index in [4.69, 9.17) is 0 Å². The summed E-state index contributed by atoms with van der Waals surface area (Å²) in [5, 5.41) is 30.5. The van der Waals surface area contributed by atoms with Gasteiger partial charge in [-0.1, -0.05) is 65.5 Å². The van der Waals surface area contributed by atoms with Crippen molar-refractivity contribution in [3.8, 4) is 5.75 Å². The first kappa shape index (κ1) is 23.2. The van der Waals surface area contributed by atoms with Crippen molar-refractivity contribution < 1.29 is 15.3 Å². The number of aliphatic hydroxyl groups excluding tert-OH is 2. The van der Waals surface area contributed by atoms with Gasteiger partial charge in [-0.25, -0.2) is 0 Å². The highest BCUT2D eigenvalue weighted by Crippen LogP contribution is 2.46. The topological polar surface area (TPSA) is 60.7 Å². The standard InChI is InChI=1S/C25H42O3/c1-5-6-7-8-13-25(3,4)19-11-12-22(24(28)16-19)23-17-20(27)15-18(2)21(23)10-9-14-26/h11-12,16,18,20-21,23,26-28H,5-10,13-15,17H2,1-4H3. The summed E-state index contributed by atoms with van der Waals surface area (Å²) >= 11 is 0. The van der Waals surface area contributed by atoms with Crippen molar-refractivity contribution in [2.75, 3.05) is 6.61 Å². The van der Waals surface area contributed by atoms with Crippen molar-refractivity contribution in [2.45, 2.75) is 103 Å². The van der Waals surface area contributed by atoms with Crippen LogP contribution in [0, 0.1) is 11.8 Å². The molecule has 0 heterocycles. The largest absolute Gasteiger partial charge is 0.508 e. The first-order valence-corrected chi connectivity index (χ1v) is 11.4. The molecule has 160 valence electrons. The van der Waals surface area contributed by atoms with Gasteiger partial charge in [-0.15, -0.1) is 0 Å². The maximum Gasteiger partial charge on any atom is 0.119 e. The number of aliphatic hydroxyl groups is 2. The first-order chi connectivity index (χ1) is 13.3. The molecule has 0 saturated heterocycles. The lowest BCUT2D eigenvalue weighted by Crippen LogP contribution is -2.33. The number of aromatic hydroxyl groups is 1. The summed E-state index contributed by atoms with van der Waals surface area (Å²) < 4.78 is 0. The molecule has 1 saturated carbocycles. The molecule has 0 aromatic heterocycles. The van der Waals surface area contributed by atoms with Crippen LogP contribution in [0.5, 0.6) is 5.75 Å². The van der Waals surface area contributed by atoms with E-state index >= 15 is 0 Å². The van der Waals surface area contributed by atoms with Crippen molar-refractivity contribution in [1.82, 2.24) is 0 Å². The van der Waals surface area contributed by atoms with Gasteiger partial charge >= 0.3 is 0 Å². The van der Waals surface area contributed by atoms with E-state index in [1.807, 2.05) is 6.07 Å². The molecule has 3 N–H and O–H groups in total. The summed E-state index contributed by atoms with van der Waals surface area (Å²) in [6, 6.07) is 6.24. The molecule has 2 rings (SSSR count). The van der Waals surface area contributed by atoms with Gasteiger partial charge in [0.05, 0.1) is 6.10 Å². The van der Waals surface area contributed by atoms with Gasteiger partial charge in [-0.05, 0) is 72.5 Å². The Morgan fingerprint density at radius 1 is 1.07 bits per heavy atom. The molecule has 3 nitrogen and oxygen atoms in total. The molecule has 0 spiro atoms. The number of unbranched alkanes of at least 4 members (excludes halogenated alkanes) is 3. The summed E-state index contributed by atoms with van der Waals surface area (Å²) in [7, 11) is 0. The molecule has 0 radical (unpaired) electrons. The van der Waals surface area contributed by atoms with Crippen LogP contribution in [0.1, 0.15) is 103 Å². The highest BCUT2D eigenvalue weighted by molar-refractivity contribution is 5.42. The second-order valence-corrected chi connectivity index (χ2v) is 9.71. The summed E-state index contributed by atoms with van der Waals surface area (Å²) in [4.78, 5) is 0. The van der Waals surface area contributed by atoms with Crippen LogP contribution >= 0.6 is 0 Å². The van der Waals surface area contributed by atoms with Gasteiger partial charge in [0.25, 0.3) is 0 Å². The first-order valence-electron chi connectivity index (χ1n) is 11.4. The van der Waals surface area contributed by atoms with E-state index in [0.717, 1.165) is 31.2 Å². The summed E-state index contributed by atoms with van der Waals surface area (Å²) in [6.45, 7) is 9.17. The zero-order valence-corrected chi connectivity index (χ0v) is 18.5. The number of hydrogen-bond acceptors (Lipinski definition) is 3. The molecule has 1 aliphatic carbocycles. The van der Waals surface area contributed by atoms with Crippen molar-refractivity contribution in [3.63, 3.8) is 0 Å². The van der Waals surface area contributed by atoms with Crippen LogP contribution in [0.2, 0.25) is 0 Å². The molecule has 4 atom stereocenters. The minimum absolute atomic E-state index is 0.0550. The Morgan fingerprint density at radius 2 is 1.82 bits per heavy atom. The van der Waals surface area contributed by atoms with E-state index < -0.39 is 0 Å². The molecule has 0 bridgehead atoms. The Bertz CT molecular complexity index is 595. The Hall–Kier alpha value is -1.06. The average Bonchev–Trinajstić information content (AvgIpc) is 2.64. The number of phenolic OH excluding ortho intramolecular Hbond substituents is 1. The molecule has 1 fully saturated rings. The SMILES string of the molecule is CCCCCCC(C)(C)c1ccc(C2CC(O)CC(C)C2CCCO)c(O)c1. The third kappa shape index (κ3) is 5.97. The molecule has 1 aromatic rings. The Morgan fingerprint density at radius 3 is 2.46 bits per heavy atom. The van der Waals surface area contributed by atoms with Gasteiger partial charge in [0.1, 0.15) is 5.75 Å². The highest BCUT2D eigenvalue weighted by Gasteiger charge is 2.36. The van der Waals surface area contributed by atoms with E-state index in [-0.39, 0.29) is 24.0 Å². The minimum Gasteiger partial charge on any atom is -0.508 e. The molecule has 3 heteroatoms. The molecule has 0 aliphatic heterocycles. The summed E-state index contributed by atoms with van der Waals surface area (Å²) in [5.41, 5.74) is 2.22. The molecule has 0 amide bonds. The fraction of sp³-hybridized carbons (Fsp3) is 0.760. The minimum atomic E-state index is -0.306. The lowest BCUT2D eigenvalue weighted by Gasteiger charge is -2.40. The van der Waals surface area contributed by atoms with Crippen LogP contribution in [0.3, 0.4) is 0 Å². The lowest BCUT2D eigenvalue weighted by molar-refractivity contribution is 0.0529. The third-order valence-corrected chi connectivity index (χ3v) is 6.98. The molecule has 28 heavy (non-hydrogen) atoms. The maximum absolute atomic E-state index is 10.9. The maximum atomic E-state index is 10.9. The normalized spacial score (nSPS) is 25.8. The second kappa shape index (κ2) is 10.6. The van der Waals surface area contributed by atoms with Crippen molar-refractivity contribution in [3.05, 3.63) is 29.3 Å². The van der Waals surface area contributed by atoms with E-state index in [9.17, 15) is 15.3 Å². The predicted octanol–water partition coefficient (Wildman–Crippen LogP) is 5.90. The van der Waals surface area contributed by atoms with Gasteiger partial charge in [0.2, 0.25) is 0 Å². The highest BCUT2D eigenvalue weighted by atomic mass is 16.3. The van der Waals surface area contributed by atoms with Crippen LogP contribution in [0.15, 0.2) is 18.2 Å². The molecular formula is C25H42O3. The molecule has 1 aromatic carbocycles. The van der Waals surface area contributed by atoms with Crippen LogP contribution in [-0.4, -0.2) is 28.0 Å². The van der Waals surface area contributed by atoms with Crippen LogP contribution in [0.25, 0.3) is 0 Å². The van der Waals surface area contributed by atoms with Crippen molar-refractivity contribution in [2.24, 2.45) is 11.8 Å². The van der Waals surface area contributed by atoms with Gasteiger partial charge in [-0.3, -0.25) is 0 Å². The monoisotopic (exact) mass is 390 g/mol.